The maximum Gasteiger partial charge on any atom is 0.276 e. The topological polar surface area (TPSA) is 58.5 Å². The summed E-state index contributed by atoms with van der Waals surface area (Å²) in [7, 11) is -3.53. The lowest BCUT2D eigenvalue weighted by Gasteiger charge is -2.33. The molecule has 0 radical (unpaired) electrons. The van der Waals surface area contributed by atoms with E-state index in [1.54, 1.807) is 12.1 Å². The molecular formula is C16H18N2O2S. The number of sulfonamides is 1. The van der Waals surface area contributed by atoms with Crippen LogP contribution in [-0.2, 0) is 10.0 Å². The summed E-state index contributed by atoms with van der Waals surface area (Å²) >= 11 is 0. The van der Waals surface area contributed by atoms with Crippen LogP contribution in [-0.4, -0.2) is 14.1 Å². The van der Waals surface area contributed by atoms with Gasteiger partial charge in [-0.15, -0.1) is 0 Å². The van der Waals surface area contributed by atoms with Crippen molar-refractivity contribution < 1.29 is 8.42 Å². The minimum Gasteiger partial charge on any atom is -0.200 e. The number of rotatable bonds is 3. The summed E-state index contributed by atoms with van der Waals surface area (Å²) in [4.78, 5) is 2.77. The van der Waals surface area contributed by atoms with E-state index in [1.165, 1.54) is 12.8 Å². The lowest BCUT2D eigenvalue weighted by atomic mass is 9.71. The fourth-order valence-electron chi connectivity index (χ4n) is 5.35. The molecule has 21 heavy (non-hydrogen) atoms. The molecule has 0 aromatic heterocycles. The number of nitrogens with zero attached hydrogens (tertiary/aromatic N) is 1. The zero-order chi connectivity index (χ0) is 14.4. The van der Waals surface area contributed by atoms with Gasteiger partial charge in [-0.1, -0.05) is 17.7 Å². The summed E-state index contributed by atoms with van der Waals surface area (Å²) in [6, 6.07) is 6.89. The van der Waals surface area contributed by atoms with Crippen LogP contribution in [0.2, 0.25) is 0 Å². The Bertz CT molecular complexity index is 749. The SMILES string of the molecule is Cc1ccc(S(=O)(=O)N/N=C2\C3CCC4C3C3C2C43)cc1. The third-order valence-corrected chi connectivity index (χ3v) is 7.41. The van der Waals surface area contributed by atoms with Crippen molar-refractivity contribution in [3.8, 4) is 0 Å². The quantitative estimate of drug-likeness (QED) is 0.870. The molecule has 0 saturated heterocycles. The highest BCUT2D eigenvalue weighted by atomic mass is 32.2. The molecule has 4 nitrogen and oxygen atoms in total. The minimum atomic E-state index is -3.53. The Morgan fingerprint density at radius 3 is 2.62 bits per heavy atom. The zero-order valence-corrected chi connectivity index (χ0v) is 12.7. The number of aryl methyl sites for hydroxylation is 1. The van der Waals surface area contributed by atoms with E-state index in [4.69, 9.17) is 0 Å². The van der Waals surface area contributed by atoms with Gasteiger partial charge in [0.2, 0.25) is 0 Å². The number of hydrogen-bond acceptors (Lipinski definition) is 3. The van der Waals surface area contributed by atoms with Crippen LogP contribution < -0.4 is 4.83 Å². The van der Waals surface area contributed by atoms with Crippen molar-refractivity contribution in [2.75, 3.05) is 0 Å². The largest absolute Gasteiger partial charge is 0.276 e. The Morgan fingerprint density at radius 1 is 1.10 bits per heavy atom. The Kier molecular flexibility index (Phi) is 2.15. The fraction of sp³-hybridized carbons (Fsp3) is 0.562. The van der Waals surface area contributed by atoms with E-state index in [0.29, 0.717) is 11.8 Å². The average molecular weight is 302 g/mol. The Labute approximate surface area is 124 Å². The highest BCUT2D eigenvalue weighted by Crippen LogP contribution is 2.80. The maximum atomic E-state index is 12.3. The number of nitrogens with one attached hydrogen (secondary N) is 1. The predicted molar refractivity (Wildman–Crippen MR) is 79.1 cm³/mol. The van der Waals surface area contributed by atoms with E-state index in [2.05, 4.69) is 9.93 Å². The molecule has 1 aromatic carbocycles. The molecule has 110 valence electrons. The van der Waals surface area contributed by atoms with Crippen molar-refractivity contribution in [1.82, 2.24) is 4.83 Å². The van der Waals surface area contributed by atoms with Crippen LogP contribution in [0.3, 0.4) is 0 Å². The van der Waals surface area contributed by atoms with Gasteiger partial charge >= 0.3 is 0 Å². The van der Waals surface area contributed by atoms with E-state index < -0.39 is 10.0 Å². The van der Waals surface area contributed by atoms with Crippen LogP contribution in [0.1, 0.15) is 18.4 Å². The Balaban J connectivity index is 1.41. The number of fused-ring (bicyclic) bond motifs is 2. The minimum absolute atomic E-state index is 0.289. The number of benzene rings is 1. The third kappa shape index (κ3) is 1.45. The highest BCUT2D eigenvalue weighted by molar-refractivity contribution is 7.89. The first-order valence-corrected chi connectivity index (χ1v) is 9.22. The van der Waals surface area contributed by atoms with Gasteiger partial charge in [-0.25, -0.2) is 4.83 Å². The van der Waals surface area contributed by atoms with Gasteiger partial charge in [0, 0.05) is 17.5 Å². The smallest absolute Gasteiger partial charge is 0.200 e. The summed E-state index contributed by atoms with van der Waals surface area (Å²) in [6.07, 6.45) is 2.54. The summed E-state index contributed by atoms with van der Waals surface area (Å²) < 4.78 is 24.6. The van der Waals surface area contributed by atoms with Gasteiger partial charge in [0.15, 0.2) is 0 Å². The number of hydrazone groups is 1. The van der Waals surface area contributed by atoms with Crippen molar-refractivity contribution in [2.24, 2.45) is 40.6 Å². The van der Waals surface area contributed by atoms with Gasteiger partial charge in [-0.2, -0.15) is 13.5 Å². The molecule has 4 saturated carbocycles. The molecule has 4 aliphatic carbocycles. The van der Waals surface area contributed by atoms with Gasteiger partial charge in [0.1, 0.15) is 0 Å². The summed E-state index contributed by atoms with van der Waals surface area (Å²) in [5.74, 6) is 4.64. The lowest BCUT2D eigenvalue weighted by Crippen LogP contribution is -2.33. The van der Waals surface area contributed by atoms with Crippen molar-refractivity contribution in [2.45, 2.75) is 24.7 Å². The fourth-order valence-corrected chi connectivity index (χ4v) is 6.17. The average Bonchev–Trinajstić information content (AvgIpc) is 2.86. The van der Waals surface area contributed by atoms with Crippen molar-refractivity contribution in [1.29, 1.82) is 0 Å². The van der Waals surface area contributed by atoms with Crippen molar-refractivity contribution in [3.63, 3.8) is 0 Å². The van der Waals surface area contributed by atoms with E-state index in [9.17, 15) is 8.42 Å². The van der Waals surface area contributed by atoms with Crippen LogP contribution >= 0.6 is 0 Å². The Morgan fingerprint density at radius 2 is 1.86 bits per heavy atom. The molecule has 5 heteroatoms. The monoisotopic (exact) mass is 302 g/mol. The van der Waals surface area contributed by atoms with E-state index in [0.717, 1.165) is 34.9 Å². The second kappa shape index (κ2) is 3.69. The molecule has 6 unspecified atom stereocenters. The molecule has 1 aromatic rings. The van der Waals surface area contributed by atoms with Crippen LogP contribution in [0.4, 0.5) is 0 Å². The van der Waals surface area contributed by atoms with Gasteiger partial charge in [0.25, 0.3) is 10.0 Å². The third-order valence-electron chi connectivity index (χ3n) is 6.19. The first-order valence-electron chi connectivity index (χ1n) is 7.74. The van der Waals surface area contributed by atoms with Crippen molar-refractivity contribution in [3.05, 3.63) is 29.8 Å². The van der Waals surface area contributed by atoms with Gasteiger partial charge in [-0.05, 0) is 55.6 Å². The zero-order valence-electron chi connectivity index (χ0n) is 11.9. The Hall–Kier alpha value is -1.36. The van der Waals surface area contributed by atoms with Gasteiger partial charge < -0.3 is 0 Å². The molecule has 4 fully saturated rings. The van der Waals surface area contributed by atoms with Gasteiger partial charge in [-0.3, -0.25) is 0 Å². The first kappa shape index (κ1) is 12.2. The molecule has 1 N–H and O–H groups in total. The molecule has 6 atom stereocenters. The van der Waals surface area contributed by atoms with Crippen LogP contribution in [0.15, 0.2) is 34.3 Å². The summed E-state index contributed by atoms with van der Waals surface area (Å²) in [6.45, 7) is 1.94. The molecule has 0 spiro atoms. The van der Waals surface area contributed by atoms with Crippen LogP contribution in [0.5, 0.6) is 0 Å². The molecule has 5 rings (SSSR count). The standard InChI is InChI=1S/C16H18N2O2S/c1-8-2-4-9(5-3-8)21(19,20)18-17-16-11-7-6-10-12(11)14-13(10)15(14)16/h2-5,10-15,18H,6-7H2,1H3/b17-16+. The predicted octanol–water partition coefficient (Wildman–Crippen LogP) is 2.16. The van der Waals surface area contributed by atoms with E-state index in [-0.39, 0.29) is 4.90 Å². The van der Waals surface area contributed by atoms with E-state index in [1.807, 2.05) is 19.1 Å². The second-order valence-corrected chi connectivity index (χ2v) is 8.71. The number of hydrogen-bond donors (Lipinski definition) is 1. The normalized spacial score (nSPS) is 43.6. The van der Waals surface area contributed by atoms with Gasteiger partial charge in [0.05, 0.1) is 4.90 Å². The first-order chi connectivity index (χ1) is 10.1. The molecule has 0 amide bonds. The molecule has 0 heterocycles. The maximum absolute atomic E-state index is 12.3. The lowest BCUT2D eigenvalue weighted by molar-refractivity contribution is 0.174. The summed E-state index contributed by atoms with van der Waals surface area (Å²) in [5, 5.41) is 4.35. The summed E-state index contributed by atoms with van der Waals surface area (Å²) in [5.41, 5.74) is 2.20. The van der Waals surface area contributed by atoms with Crippen LogP contribution in [0.25, 0.3) is 0 Å². The second-order valence-electron chi connectivity index (χ2n) is 7.05. The molecule has 4 aliphatic rings. The van der Waals surface area contributed by atoms with E-state index >= 15 is 0 Å². The molecular weight excluding hydrogens is 284 g/mol. The van der Waals surface area contributed by atoms with Crippen molar-refractivity contribution >= 4 is 15.7 Å². The highest BCUT2D eigenvalue weighted by Gasteiger charge is 2.79. The molecule has 0 aliphatic heterocycles. The van der Waals surface area contributed by atoms with Crippen LogP contribution in [0, 0.1) is 42.4 Å². The molecule has 0 bridgehead atoms.